The van der Waals surface area contributed by atoms with E-state index in [1.165, 1.54) is 89.9 Å². The van der Waals surface area contributed by atoms with Gasteiger partial charge in [-0.25, -0.2) is 0 Å². The molecular formula is C71H114O6. The van der Waals surface area contributed by atoms with Crippen molar-refractivity contribution in [2.45, 2.75) is 271 Å². The molecule has 0 spiro atoms. The predicted octanol–water partition coefficient (Wildman–Crippen LogP) is 21.5. The summed E-state index contributed by atoms with van der Waals surface area (Å²) in [5, 5.41) is 0. The zero-order valence-electron chi connectivity index (χ0n) is 49.7. The maximum absolute atomic E-state index is 12.9. The van der Waals surface area contributed by atoms with E-state index in [0.717, 1.165) is 122 Å². The van der Waals surface area contributed by atoms with Crippen molar-refractivity contribution in [1.82, 2.24) is 0 Å². The zero-order chi connectivity index (χ0) is 55.7. The molecule has 1 atom stereocenters. The summed E-state index contributed by atoms with van der Waals surface area (Å²) < 4.78 is 16.8. The minimum Gasteiger partial charge on any atom is -0.462 e. The van der Waals surface area contributed by atoms with Crippen LogP contribution in [-0.2, 0) is 28.6 Å². The van der Waals surface area contributed by atoms with Crippen molar-refractivity contribution in [3.63, 3.8) is 0 Å². The molecule has 0 saturated carbocycles. The van der Waals surface area contributed by atoms with Gasteiger partial charge in [-0.3, -0.25) is 14.4 Å². The first-order valence-corrected chi connectivity index (χ1v) is 31.3. The van der Waals surface area contributed by atoms with Gasteiger partial charge in [0.25, 0.3) is 0 Å². The summed E-state index contributed by atoms with van der Waals surface area (Å²) in [6, 6.07) is 0. The van der Waals surface area contributed by atoms with E-state index in [1.54, 1.807) is 0 Å². The van der Waals surface area contributed by atoms with E-state index in [4.69, 9.17) is 14.2 Å². The fourth-order valence-electron chi connectivity index (χ4n) is 8.22. The topological polar surface area (TPSA) is 78.9 Å². The van der Waals surface area contributed by atoms with E-state index < -0.39 is 6.10 Å². The maximum Gasteiger partial charge on any atom is 0.306 e. The van der Waals surface area contributed by atoms with Gasteiger partial charge in [0.05, 0.1) is 0 Å². The van der Waals surface area contributed by atoms with Gasteiger partial charge in [0.15, 0.2) is 6.10 Å². The molecule has 0 amide bonds. The monoisotopic (exact) mass is 1060 g/mol. The summed E-state index contributed by atoms with van der Waals surface area (Å²) in [6.45, 7) is 6.35. The first-order chi connectivity index (χ1) is 38.0. The molecule has 0 heterocycles. The number of ether oxygens (including phenoxy) is 3. The number of unbranched alkanes of at least 4 members (excludes halogenated alkanes) is 20. The Morgan fingerprint density at radius 3 is 0.844 bits per heavy atom. The molecule has 1 unspecified atom stereocenters. The van der Waals surface area contributed by atoms with Crippen molar-refractivity contribution in [3.8, 4) is 0 Å². The molecular weight excluding hydrogens is 949 g/mol. The largest absolute Gasteiger partial charge is 0.462 e. The highest BCUT2D eigenvalue weighted by molar-refractivity contribution is 5.71. The summed E-state index contributed by atoms with van der Waals surface area (Å²) in [6.07, 6.45) is 91.3. The van der Waals surface area contributed by atoms with Crippen LogP contribution in [0.2, 0.25) is 0 Å². The van der Waals surface area contributed by atoms with E-state index in [9.17, 15) is 14.4 Å². The van der Waals surface area contributed by atoms with Crippen molar-refractivity contribution >= 4 is 17.9 Å². The van der Waals surface area contributed by atoms with Crippen LogP contribution < -0.4 is 0 Å². The van der Waals surface area contributed by atoms with Crippen LogP contribution in [0.1, 0.15) is 265 Å². The molecule has 0 saturated heterocycles. The summed E-state index contributed by atoms with van der Waals surface area (Å²) in [5.74, 6) is -1.01. The Kier molecular flexibility index (Phi) is 59.9. The van der Waals surface area contributed by atoms with Gasteiger partial charge in [0.1, 0.15) is 13.2 Å². The highest BCUT2D eigenvalue weighted by atomic mass is 16.6. The molecule has 6 heteroatoms. The van der Waals surface area contributed by atoms with Gasteiger partial charge in [-0.2, -0.15) is 0 Å². The van der Waals surface area contributed by atoms with Crippen LogP contribution in [0.3, 0.4) is 0 Å². The lowest BCUT2D eigenvalue weighted by Gasteiger charge is -2.18. The summed E-state index contributed by atoms with van der Waals surface area (Å²) in [4.78, 5) is 38.3. The molecule has 0 rings (SSSR count). The Bertz CT molecular complexity index is 1700. The van der Waals surface area contributed by atoms with Crippen molar-refractivity contribution in [2.24, 2.45) is 0 Å². The predicted molar refractivity (Wildman–Crippen MR) is 334 cm³/mol. The lowest BCUT2D eigenvalue weighted by atomic mass is 10.0. The first-order valence-electron chi connectivity index (χ1n) is 31.3. The quantitative estimate of drug-likeness (QED) is 0.0261. The molecule has 0 fully saturated rings. The third kappa shape index (κ3) is 62.0. The Balaban J connectivity index is 4.56. The molecule has 434 valence electrons. The third-order valence-corrected chi connectivity index (χ3v) is 12.8. The molecule has 0 bridgehead atoms. The van der Waals surface area contributed by atoms with Crippen LogP contribution in [0.5, 0.6) is 0 Å². The lowest BCUT2D eigenvalue weighted by Crippen LogP contribution is -2.30. The number of allylic oxidation sites excluding steroid dienone is 24. The molecule has 0 N–H and O–H groups in total. The molecule has 0 radical (unpaired) electrons. The molecule has 6 nitrogen and oxygen atoms in total. The van der Waals surface area contributed by atoms with Gasteiger partial charge in [-0.1, -0.05) is 276 Å². The number of hydrogen-bond donors (Lipinski definition) is 0. The number of rotatable bonds is 55. The van der Waals surface area contributed by atoms with Gasteiger partial charge in [0.2, 0.25) is 0 Å². The smallest absolute Gasteiger partial charge is 0.306 e. The fraction of sp³-hybridized carbons (Fsp3) is 0.620. The van der Waals surface area contributed by atoms with E-state index >= 15 is 0 Å². The van der Waals surface area contributed by atoms with E-state index in [0.29, 0.717) is 19.3 Å². The van der Waals surface area contributed by atoms with Gasteiger partial charge in [-0.15, -0.1) is 0 Å². The Morgan fingerprint density at radius 2 is 0.519 bits per heavy atom. The second-order valence-electron chi connectivity index (χ2n) is 20.2. The highest BCUT2D eigenvalue weighted by Crippen LogP contribution is 2.15. The van der Waals surface area contributed by atoms with Gasteiger partial charge >= 0.3 is 17.9 Å². The number of esters is 3. The van der Waals surface area contributed by atoms with E-state index in [2.05, 4.69) is 167 Å². The molecule has 0 aliphatic rings. The molecule has 77 heavy (non-hydrogen) atoms. The summed E-state index contributed by atoms with van der Waals surface area (Å²) in [7, 11) is 0. The summed E-state index contributed by atoms with van der Waals surface area (Å²) >= 11 is 0. The van der Waals surface area contributed by atoms with Crippen LogP contribution >= 0.6 is 0 Å². The highest BCUT2D eigenvalue weighted by Gasteiger charge is 2.19. The minimum atomic E-state index is -0.825. The van der Waals surface area contributed by atoms with Crippen molar-refractivity contribution < 1.29 is 28.6 Å². The van der Waals surface area contributed by atoms with Gasteiger partial charge in [0, 0.05) is 19.3 Å². The molecule has 0 aliphatic heterocycles. The Hall–Kier alpha value is -4.71. The number of carbonyl (C=O) groups excluding carboxylic acids is 3. The molecule has 0 aromatic carbocycles. The van der Waals surface area contributed by atoms with Crippen LogP contribution in [0, 0.1) is 0 Å². The van der Waals surface area contributed by atoms with Gasteiger partial charge in [-0.05, 0) is 116 Å². The first kappa shape index (κ1) is 72.3. The van der Waals surface area contributed by atoms with Crippen molar-refractivity contribution in [3.05, 3.63) is 146 Å². The van der Waals surface area contributed by atoms with E-state index in [-0.39, 0.29) is 44.0 Å². The second-order valence-corrected chi connectivity index (χ2v) is 20.2. The Morgan fingerprint density at radius 1 is 0.273 bits per heavy atom. The van der Waals surface area contributed by atoms with E-state index in [1.807, 2.05) is 0 Å². The van der Waals surface area contributed by atoms with Crippen LogP contribution in [0.25, 0.3) is 0 Å². The number of hydrogen-bond acceptors (Lipinski definition) is 6. The fourth-order valence-corrected chi connectivity index (χ4v) is 8.22. The van der Waals surface area contributed by atoms with Gasteiger partial charge < -0.3 is 14.2 Å². The molecule has 0 aliphatic carbocycles. The zero-order valence-corrected chi connectivity index (χ0v) is 49.7. The lowest BCUT2D eigenvalue weighted by molar-refractivity contribution is -0.167. The Labute approximate surface area is 474 Å². The number of carbonyl (C=O) groups is 3. The SMILES string of the molecule is CC/C=C\C/C=C\C/C=C\C/C=C\C/C=C\C/C=C\C/C=C\CCCC(=O)OCC(COC(=O)CCCCCCCCCCCCCCCCCCC)OC(=O)CCCCC/C=C\C/C=C\C/C=C\C/C=C\C/C=C\CC. The molecule has 0 aromatic rings. The average molecular weight is 1060 g/mol. The third-order valence-electron chi connectivity index (χ3n) is 12.8. The van der Waals surface area contributed by atoms with Crippen LogP contribution in [-0.4, -0.2) is 37.2 Å². The maximum atomic E-state index is 12.9. The average Bonchev–Trinajstić information content (AvgIpc) is 3.43. The second kappa shape index (κ2) is 63.8. The standard InChI is InChI=1S/C71H114O6/c1-4-7-10-13-16-19-22-25-28-31-33-34-35-36-38-40-43-46-49-52-55-58-61-64-70(73)76-67-68(66-75-69(72)63-60-57-54-51-48-45-42-39-30-27-24-21-18-15-12-9-6-3)77-71(74)65-62-59-56-53-50-47-44-41-37-32-29-26-23-20-17-14-11-8-5-2/h7-8,10-11,16-17,19-20,25-26,28-29,33-34,36-38,41,43,46-47,50,52,55,68H,4-6,9,12-15,18,21-24,27,30-32,35,39-40,42,44-45,48-49,51,53-54,56-67H2,1-3H3/b10-7-,11-8-,19-16-,20-17-,28-25-,29-26-,34-33-,38-36-,41-37-,46-43-,50-47-,55-52-. The van der Waals surface area contributed by atoms with Crippen molar-refractivity contribution in [2.75, 3.05) is 13.2 Å². The van der Waals surface area contributed by atoms with Crippen LogP contribution in [0.15, 0.2) is 146 Å². The van der Waals surface area contributed by atoms with Crippen LogP contribution in [0.4, 0.5) is 0 Å². The van der Waals surface area contributed by atoms with Crippen molar-refractivity contribution in [1.29, 1.82) is 0 Å². The normalized spacial score (nSPS) is 13.1. The summed E-state index contributed by atoms with van der Waals surface area (Å²) in [5.41, 5.74) is 0. The minimum absolute atomic E-state index is 0.113. The molecule has 0 aromatic heterocycles.